The van der Waals surface area contributed by atoms with Gasteiger partial charge in [0, 0.05) is 19.5 Å². The lowest BCUT2D eigenvalue weighted by atomic mass is 10.3. The summed E-state index contributed by atoms with van der Waals surface area (Å²) < 4.78 is 3.33. The first-order valence-corrected chi connectivity index (χ1v) is 5.59. The summed E-state index contributed by atoms with van der Waals surface area (Å²) in [6.45, 7) is 0.586. The molecule has 0 unspecified atom stereocenters. The van der Waals surface area contributed by atoms with Gasteiger partial charge in [0.2, 0.25) is 0 Å². The first kappa shape index (κ1) is 12.2. The molecule has 0 aliphatic rings. The second kappa shape index (κ2) is 5.35. The lowest BCUT2D eigenvalue weighted by molar-refractivity contribution is -0.754. The van der Waals surface area contributed by atoms with Crippen LogP contribution in [0.3, 0.4) is 0 Å². The van der Waals surface area contributed by atoms with Crippen LogP contribution < -0.4 is 4.68 Å². The number of hydrogen-bond acceptors (Lipinski definition) is 4. The Hall–Kier alpha value is -2.31. The highest BCUT2D eigenvalue weighted by Crippen LogP contribution is 2.09. The molecular weight excluding hydrogens is 234 g/mol. The predicted octanol–water partition coefficient (Wildman–Crippen LogP) is 0.0294. The number of nitrogens with zero attached hydrogens (tertiary/aromatic N) is 5. The summed E-state index contributed by atoms with van der Waals surface area (Å²) in [7, 11) is 1.80. The van der Waals surface area contributed by atoms with E-state index in [-0.39, 0.29) is 6.42 Å². The van der Waals surface area contributed by atoms with Gasteiger partial charge >= 0.3 is 5.97 Å². The van der Waals surface area contributed by atoms with E-state index in [1.807, 2.05) is 6.07 Å². The molecule has 0 amide bonds. The number of carbonyl (C=O) groups is 1. The molecule has 2 rings (SSSR count). The maximum Gasteiger partial charge on any atom is 0.303 e. The third-order valence-electron chi connectivity index (χ3n) is 2.41. The molecule has 0 saturated carbocycles. The molecule has 0 fully saturated rings. The van der Waals surface area contributed by atoms with Gasteiger partial charge in [0.1, 0.15) is 12.5 Å². The van der Waals surface area contributed by atoms with Gasteiger partial charge in [0.15, 0.2) is 18.6 Å². The molecule has 0 aromatic carbocycles. The van der Waals surface area contributed by atoms with Crippen molar-refractivity contribution in [2.45, 2.75) is 19.4 Å². The fourth-order valence-electron chi connectivity index (χ4n) is 1.51. The van der Waals surface area contributed by atoms with E-state index in [1.54, 1.807) is 35.1 Å². The molecule has 7 heteroatoms. The van der Waals surface area contributed by atoms with Gasteiger partial charge in [-0.15, -0.1) is 0 Å². The van der Waals surface area contributed by atoms with Crippen LogP contribution in [0.25, 0.3) is 11.4 Å². The second-order valence-electron chi connectivity index (χ2n) is 3.92. The Bertz CT molecular complexity index is 535. The molecule has 0 bridgehead atoms. The van der Waals surface area contributed by atoms with E-state index in [1.165, 1.54) is 0 Å². The van der Waals surface area contributed by atoms with Gasteiger partial charge in [-0.05, 0) is 5.10 Å². The summed E-state index contributed by atoms with van der Waals surface area (Å²) in [5.74, 6) is -0.160. The Morgan fingerprint density at radius 2 is 2.39 bits per heavy atom. The van der Waals surface area contributed by atoms with Crippen LogP contribution in [0.2, 0.25) is 0 Å². The zero-order valence-corrected chi connectivity index (χ0v) is 10.0. The van der Waals surface area contributed by atoms with E-state index < -0.39 is 5.97 Å². The highest BCUT2D eigenvalue weighted by atomic mass is 16.4. The largest absolute Gasteiger partial charge is 0.481 e. The Morgan fingerprint density at radius 1 is 1.56 bits per heavy atom. The molecule has 2 heterocycles. The fourth-order valence-corrected chi connectivity index (χ4v) is 1.51. The molecule has 0 spiro atoms. The summed E-state index contributed by atoms with van der Waals surface area (Å²) in [4.78, 5) is 14.5. The average Bonchev–Trinajstić information content (AvgIpc) is 2.76. The summed E-state index contributed by atoms with van der Waals surface area (Å²) in [6, 6.07) is 1.86. The first-order valence-electron chi connectivity index (χ1n) is 5.59. The highest BCUT2D eigenvalue weighted by molar-refractivity contribution is 5.66. The van der Waals surface area contributed by atoms with E-state index >= 15 is 0 Å². The van der Waals surface area contributed by atoms with Crippen LogP contribution in [0.1, 0.15) is 12.8 Å². The van der Waals surface area contributed by atoms with Crippen molar-refractivity contribution in [3.05, 3.63) is 24.8 Å². The molecule has 94 valence electrons. The van der Waals surface area contributed by atoms with Crippen molar-refractivity contribution in [3.8, 4) is 11.4 Å². The van der Waals surface area contributed by atoms with Crippen molar-refractivity contribution in [2.75, 3.05) is 0 Å². The third-order valence-corrected chi connectivity index (χ3v) is 2.41. The van der Waals surface area contributed by atoms with Crippen LogP contribution in [-0.2, 0) is 18.4 Å². The van der Waals surface area contributed by atoms with Crippen LogP contribution in [0.15, 0.2) is 24.8 Å². The maximum absolute atomic E-state index is 10.4. The molecule has 0 aliphatic carbocycles. The van der Waals surface area contributed by atoms with Gasteiger partial charge < -0.3 is 5.11 Å². The van der Waals surface area contributed by atoms with Gasteiger partial charge in [-0.3, -0.25) is 9.48 Å². The maximum atomic E-state index is 10.4. The van der Waals surface area contributed by atoms with Crippen LogP contribution in [0.4, 0.5) is 0 Å². The van der Waals surface area contributed by atoms with E-state index in [9.17, 15) is 4.79 Å². The SMILES string of the molecule is Cn1cnc(-c2cc[n+](CCCC(=O)O)nc2)n1. The standard InChI is InChI=1S/C11H13N5O2/c1-15-8-12-11(14-15)9-4-6-16(13-7-9)5-2-3-10(17)18/h4,6-8H,2-3,5H2,1H3/p+1. The molecule has 0 radical (unpaired) electrons. The van der Waals surface area contributed by atoms with Gasteiger partial charge in [0.25, 0.3) is 0 Å². The van der Waals surface area contributed by atoms with E-state index in [0.717, 1.165) is 5.56 Å². The van der Waals surface area contributed by atoms with Gasteiger partial charge in [-0.2, -0.15) is 5.10 Å². The van der Waals surface area contributed by atoms with Crippen molar-refractivity contribution < 1.29 is 14.6 Å². The Labute approximate surface area is 104 Å². The average molecular weight is 248 g/mol. The van der Waals surface area contributed by atoms with Gasteiger partial charge in [-0.1, -0.05) is 4.68 Å². The molecular formula is C11H14N5O2+. The van der Waals surface area contributed by atoms with Crippen LogP contribution >= 0.6 is 0 Å². The first-order chi connectivity index (χ1) is 8.65. The quantitative estimate of drug-likeness (QED) is 0.754. The summed E-state index contributed by atoms with van der Waals surface area (Å²) in [6.07, 6.45) is 5.82. The van der Waals surface area contributed by atoms with Crippen molar-refractivity contribution in [1.29, 1.82) is 0 Å². The fraction of sp³-hybridized carbons (Fsp3) is 0.364. The Kier molecular flexibility index (Phi) is 3.61. The molecule has 0 saturated heterocycles. The number of hydrogen-bond donors (Lipinski definition) is 1. The summed E-state index contributed by atoms with van der Waals surface area (Å²) in [5, 5.41) is 16.9. The van der Waals surface area contributed by atoms with E-state index in [4.69, 9.17) is 5.11 Å². The van der Waals surface area contributed by atoms with Crippen molar-refractivity contribution in [2.24, 2.45) is 7.05 Å². The molecule has 2 aromatic heterocycles. The van der Waals surface area contributed by atoms with Crippen LogP contribution in [-0.4, -0.2) is 30.9 Å². The minimum absolute atomic E-state index is 0.151. The molecule has 18 heavy (non-hydrogen) atoms. The molecule has 1 N–H and O–H groups in total. The monoisotopic (exact) mass is 248 g/mol. The Balaban J connectivity index is 1.99. The number of carboxylic acids is 1. The smallest absolute Gasteiger partial charge is 0.303 e. The summed E-state index contributed by atoms with van der Waals surface area (Å²) >= 11 is 0. The molecule has 7 nitrogen and oxygen atoms in total. The molecule has 0 aliphatic heterocycles. The van der Waals surface area contributed by atoms with Crippen molar-refractivity contribution >= 4 is 5.97 Å². The van der Waals surface area contributed by atoms with E-state index in [2.05, 4.69) is 15.2 Å². The minimum Gasteiger partial charge on any atom is -0.481 e. The van der Waals surface area contributed by atoms with Gasteiger partial charge in [-0.25, -0.2) is 4.98 Å². The molecule has 2 aromatic rings. The number of aliphatic carboxylic acids is 1. The summed E-state index contributed by atoms with van der Waals surface area (Å²) in [5.41, 5.74) is 0.838. The zero-order valence-electron chi connectivity index (χ0n) is 10.0. The predicted molar refractivity (Wildman–Crippen MR) is 61.3 cm³/mol. The lowest BCUT2D eigenvalue weighted by Crippen LogP contribution is -2.37. The highest BCUT2D eigenvalue weighted by Gasteiger charge is 2.08. The topological polar surface area (TPSA) is 84.8 Å². The minimum atomic E-state index is -0.787. The lowest BCUT2D eigenvalue weighted by Gasteiger charge is -1.95. The third kappa shape index (κ3) is 3.09. The number of rotatable bonds is 5. The van der Waals surface area contributed by atoms with Crippen molar-refractivity contribution in [3.63, 3.8) is 0 Å². The molecule has 0 atom stereocenters. The van der Waals surface area contributed by atoms with Crippen LogP contribution in [0.5, 0.6) is 0 Å². The zero-order chi connectivity index (χ0) is 13.0. The Morgan fingerprint density at radius 3 is 2.94 bits per heavy atom. The van der Waals surface area contributed by atoms with Crippen molar-refractivity contribution in [1.82, 2.24) is 19.9 Å². The second-order valence-corrected chi connectivity index (χ2v) is 3.92. The van der Waals surface area contributed by atoms with E-state index in [0.29, 0.717) is 18.8 Å². The van der Waals surface area contributed by atoms with Gasteiger partial charge in [0.05, 0.1) is 12.0 Å². The number of aryl methyl sites for hydroxylation is 2. The number of carboxylic acid groups (broad SMARTS) is 1. The number of aromatic nitrogens is 5. The van der Waals surface area contributed by atoms with Crippen LogP contribution in [0, 0.1) is 0 Å². The normalized spacial score (nSPS) is 10.5.